The molecule has 28 heavy (non-hydrogen) atoms. The predicted molar refractivity (Wildman–Crippen MR) is 109 cm³/mol. The number of carbonyl (C=O) groups is 1. The van der Waals surface area contributed by atoms with Crippen molar-refractivity contribution in [3.05, 3.63) is 82.7 Å². The third kappa shape index (κ3) is 3.98. The van der Waals surface area contributed by atoms with Crippen molar-refractivity contribution in [2.75, 3.05) is 13.7 Å². The maximum atomic E-state index is 11.9. The van der Waals surface area contributed by atoms with Gasteiger partial charge in [0.15, 0.2) is 0 Å². The number of ether oxygens (including phenoxy) is 2. The van der Waals surface area contributed by atoms with Crippen molar-refractivity contribution in [1.29, 1.82) is 0 Å². The van der Waals surface area contributed by atoms with Crippen molar-refractivity contribution < 1.29 is 14.3 Å². The van der Waals surface area contributed by atoms with Crippen LogP contribution < -0.4 is 4.74 Å². The van der Waals surface area contributed by atoms with Crippen LogP contribution in [0.5, 0.6) is 5.75 Å². The predicted octanol–water partition coefficient (Wildman–Crippen LogP) is 6.15. The summed E-state index contributed by atoms with van der Waals surface area (Å²) in [5.41, 5.74) is 13.4. The third-order valence-electron chi connectivity index (χ3n) is 4.29. The van der Waals surface area contributed by atoms with Gasteiger partial charge in [-0.3, -0.25) is 0 Å². The van der Waals surface area contributed by atoms with Crippen molar-refractivity contribution in [2.45, 2.75) is 6.92 Å². The molecule has 0 unspecified atom stereocenters. The summed E-state index contributed by atoms with van der Waals surface area (Å²) < 4.78 is 10.2. The molecule has 0 spiro atoms. The Kier molecular flexibility index (Phi) is 5.94. The van der Waals surface area contributed by atoms with E-state index in [1.807, 2.05) is 54.6 Å². The second-order valence-corrected chi connectivity index (χ2v) is 5.92. The monoisotopic (exact) mass is 373 g/mol. The Labute approximate surface area is 163 Å². The summed E-state index contributed by atoms with van der Waals surface area (Å²) in [4.78, 5) is 14.9. The van der Waals surface area contributed by atoms with Gasteiger partial charge in [-0.05, 0) is 59.0 Å². The van der Waals surface area contributed by atoms with Gasteiger partial charge in [0.1, 0.15) is 5.75 Å². The van der Waals surface area contributed by atoms with Gasteiger partial charge in [0.25, 0.3) is 0 Å². The van der Waals surface area contributed by atoms with Gasteiger partial charge in [-0.1, -0.05) is 47.6 Å². The smallest absolute Gasteiger partial charge is 0.338 e. The van der Waals surface area contributed by atoms with E-state index in [1.165, 1.54) is 0 Å². The number of methoxy groups -OCH3 is 1. The van der Waals surface area contributed by atoms with Crippen molar-refractivity contribution in [2.24, 2.45) is 5.11 Å². The third-order valence-corrected chi connectivity index (χ3v) is 4.29. The molecule has 0 fully saturated rings. The molecule has 3 aromatic rings. The molecule has 0 atom stereocenters. The highest BCUT2D eigenvalue weighted by atomic mass is 16.5. The Morgan fingerprint density at radius 2 is 1.54 bits per heavy atom. The van der Waals surface area contributed by atoms with E-state index in [4.69, 9.17) is 15.0 Å². The average Bonchev–Trinajstić information content (AvgIpc) is 2.74. The Balaban J connectivity index is 2.06. The van der Waals surface area contributed by atoms with Gasteiger partial charge in [0, 0.05) is 4.91 Å². The molecule has 0 aliphatic carbocycles. The summed E-state index contributed by atoms with van der Waals surface area (Å²) in [6, 6.07) is 20.3. The summed E-state index contributed by atoms with van der Waals surface area (Å²) in [5.74, 6) is 0.385. The van der Waals surface area contributed by atoms with Gasteiger partial charge < -0.3 is 9.47 Å². The number of hydrogen-bond acceptors (Lipinski definition) is 4. The number of esters is 1. The molecule has 6 nitrogen and oxygen atoms in total. The standard InChI is InChI=1S/C22H19N3O3/c1-3-28-22(26)17-9-7-15(8-10-17)19-5-4-6-20(21(19)24-25-23)16-11-13-18(27-2)14-12-16/h4-14H,3H2,1-2H3. The highest BCUT2D eigenvalue weighted by Gasteiger charge is 2.12. The van der Waals surface area contributed by atoms with E-state index in [0.717, 1.165) is 28.0 Å². The first-order chi connectivity index (χ1) is 13.7. The maximum Gasteiger partial charge on any atom is 0.338 e. The van der Waals surface area contributed by atoms with E-state index in [1.54, 1.807) is 26.2 Å². The number of rotatable bonds is 6. The Hall–Kier alpha value is -3.76. The molecule has 0 N–H and O–H groups in total. The van der Waals surface area contributed by atoms with E-state index < -0.39 is 0 Å². The lowest BCUT2D eigenvalue weighted by molar-refractivity contribution is 0.0526. The molecule has 6 heteroatoms. The van der Waals surface area contributed by atoms with Gasteiger partial charge in [0.05, 0.1) is 25.0 Å². The Morgan fingerprint density at radius 1 is 0.964 bits per heavy atom. The summed E-state index contributed by atoms with van der Waals surface area (Å²) in [6.07, 6.45) is 0. The molecule has 140 valence electrons. The molecule has 0 radical (unpaired) electrons. The number of azide groups is 1. The fraction of sp³-hybridized carbons (Fsp3) is 0.136. The lowest BCUT2D eigenvalue weighted by Gasteiger charge is -2.12. The number of benzene rings is 3. The van der Waals surface area contributed by atoms with Crippen LogP contribution in [0, 0.1) is 0 Å². The van der Waals surface area contributed by atoms with Crippen LogP contribution in [0.1, 0.15) is 17.3 Å². The van der Waals surface area contributed by atoms with Crippen molar-refractivity contribution in [1.82, 2.24) is 0 Å². The van der Waals surface area contributed by atoms with E-state index in [2.05, 4.69) is 10.0 Å². The van der Waals surface area contributed by atoms with Crippen molar-refractivity contribution >= 4 is 11.7 Å². The van der Waals surface area contributed by atoms with Gasteiger partial charge in [0.2, 0.25) is 0 Å². The van der Waals surface area contributed by atoms with Crippen molar-refractivity contribution in [3.63, 3.8) is 0 Å². The zero-order valence-electron chi connectivity index (χ0n) is 15.6. The van der Waals surface area contributed by atoms with Gasteiger partial charge in [-0.25, -0.2) is 4.79 Å². The molecule has 0 saturated carbocycles. The lowest BCUT2D eigenvalue weighted by atomic mass is 9.95. The average molecular weight is 373 g/mol. The van der Waals surface area contributed by atoms with Gasteiger partial charge >= 0.3 is 5.97 Å². The molecule has 0 amide bonds. The SMILES string of the molecule is CCOC(=O)c1ccc(-c2cccc(-c3ccc(OC)cc3)c2N=[N+]=[N-])cc1. The van der Waals surface area contributed by atoms with Crippen LogP contribution in [0.25, 0.3) is 32.7 Å². The fourth-order valence-electron chi connectivity index (χ4n) is 2.93. The zero-order valence-corrected chi connectivity index (χ0v) is 15.6. The summed E-state index contributed by atoms with van der Waals surface area (Å²) in [6.45, 7) is 2.09. The van der Waals surface area contributed by atoms with Crippen LogP contribution in [0.15, 0.2) is 71.8 Å². The Bertz CT molecular complexity index is 1020. The molecule has 0 bridgehead atoms. The molecule has 0 heterocycles. The van der Waals surface area contributed by atoms with Crippen LogP contribution in [-0.2, 0) is 4.74 Å². The first-order valence-corrected chi connectivity index (χ1v) is 8.78. The molecule has 0 aromatic heterocycles. The minimum atomic E-state index is -0.365. The highest BCUT2D eigenvalue weighted by molar-refractivity contribution is 5.92. The van der Waals surface area contributed by atoms with Crippen LogP contribution in [0.2, 0.25) is 0 Å². The lowest BCUT2D eigenvalue weighted by Crippen LogP contribution is -2.04. The Morgan fingerprint density at radius 3 is 2.04 bits per heavy atom. The van der Waals surface area contributed by atoms with E-state index in [0.29, 0.717) is 17.9 Å². The van der Waals surface area contributed by atoms with Crippen LogP contribution in [0.4, 0.5) is 5.69 Å². The molecule has 3 aromatic carbocycles. The van der Waals surface area contributed by atoms with E-state index in [9.17, 15) is 4.79 Å². The molecular formula is C22H19N3O3. The second-order valence-electron chi connectivity index (χ2n) is 5.92. The van der Waals surface area contributed by atoms with Gasteiger partial charge in [-0.15, -0.1) is 0 Å². The van der Waals surface area contributed by atoms with Crippen LogP contribution in [0.3, 0.4) is 0 Å². The quantitative estimate of drug-likeness (QED) is 0.225. The number of hydrogen-bond donors (Lipinski definition) is 0. The number of carbonyl (C=O) groups excluding carboxylic acids is 1. The molecule has 0 saturated heterocycles. The first-order valence-electron chi connectivity index (χ1n) is 8.78. The summed E-state index contributed by atoms with van der Waals surface area (Å²) in [7, 11) is 1.61. The highest BCUT2D eigenvalue weighted by Crippen LogP contribution is 2.39. The number of nitrogens with zero attached hydrogens (tertiary/aromatic N) is 3. The summed E-state index contributed by atoms with van der Waals surface area (Å²) in [5, 5.41) is 3.95. The normalized spacial score (nSPS) is 10.1. The summed E-state index contributed by atoms with van der Waals surface area (Å²) >= 11 is 0. The maximum absolute atomic E-state index is 11.9. The minimum Gasteiger partial charge on any atom is -0.497 e. The molecular weight excluding hydrogens is 354 g/mol. The van der Waals surface area contributed by atoms with E-state index >= 15 is 0 Å². The second kappa shape index (κ2) is 8.75. The zero-order chi connectivity index (χ0) is 19.9. The first kappa shape index (κ1) is 19.0. The van der Waals surface area contributed by atoms with Crippen LogP contribution >= 0.6 is 0 Å². The fourth-order valence-corrected chi connectivity index (χ4v) is 2.93. The topological polar surface area (TPSA) is 84.3 Å². The van der Waals surface area contributed by atoms with Crippen LogP contribution in [-0.4, -0.2) is 19.7 Å². The molecule has 3 rings (SSSR count). The van der Waals surface area contributed by atoms with Crippen molar-refractivity contribution in [3.8, 4) is 28.0 Å². The van der Waals surface area contributed by atoms with Gasteiger partial charge in [-0.2, -0.15) is 0 Å². The van der Waals surface area contributed by atoms with E-state index in [-0.39, 0.29) is 5.97 Å². The molecule has 0 aliphatic rings. The molecule has 0 aliphatic heterocycles. The largest absolute Gasteiger partial charge is 0.497 e. The minimum absolute atomic E-state index is 0.325.